The average molecular weight is 746 g/mol. The highest BCUT2D eigenvalue weighted by atomic mass is 35.5. The second kappa shape index (κ2) is 15.3. The van der Waals surface area contributed by atoms with Gasteiger partial charge in [0.05, 0.1) is 12.5 Å². The lowest BCUT2D eigenvalue weighted by atomic mass is 9.91. The van der Waals surface area contributed by atoms with E-state index in [9.17, 15) is 14.4 Å². The van der Waals surface area contributed by atoms with Crippen LogP contribution in [0.3, 0.4) is 0 Å². The molecular weight excluding hydrogens is 714 g/mol. The van der Waals surface area contributed by atoms with Gasteiger partial charge in [0.2, 0.25) is 6.10 Å². The molecule has 0 N–H and O–H groups in total. The lowest BCUT2D eigenvalue weighted by Gasteiger charge is -2.14. The highest BCUT2D eigenvalue weighted by Gasteiger charge is 2.62. The molecule has 1 aliphatic heterocycles. The van der Waals surface area contributed by atoms with Crippen LogP contribution in [0, 0.1) is 34.4 Å². The summed E-state index contributed by atoms with van der Waals surface area (Å²) in [5.41, 5.74) is 1.42. The van der Waals surface area contributed by atoms with E-state index in [0.717, 1.165) is 11.1 Å². The Kier molecular flexibility index (Phi) is 10.8. The Morgan fingerprint density at radius 3 is 2.39 bits per heavy atom. The lowest BCUT2D eigenvalue weighted by Crippen LogP contribution is -2.19. The van der Waals surface area contributed by atoms with E-state index in [1.54, 1.807) is 53.5 Å². The van der Waals surface area contributed by atoms with Crippen molar-refractivity contribution >= 4 is 40.8 Å². The van der Waals surface area contributed by atoms with Crippen LogP contribution in [0.5, 0.6) is 11.5 Å². The Bertz CT molecular complexity index is 2050. The van der Waals surface area contributed by atoms with Gasteiger partial charge in [0.25, 0.3) is 0 Å². The number of ether oxygens (including phenoxy) is 3. The van der Waals surface area contributed by atoms with Gasteiger partial charge in [-0.15, -0.1) is 0 Å². The molecule has 2 unspecified atom stereocenters. The van der Waals surface area contributed by atoms with Crippen molar-refractivity contribution in [2.75, 3.05) is 0 Å². The second-order valence-corrected chi connectivity index (χ2v) is 14.1. The summed E-state index contributed by atoms with van der Waals surface area (Å²) < 4.78 is 32.4. The fourth-order valence-corrected chi connectivity index (χ4v) is 6.70. The molecule has 2 heterocycles. The van der Waals surface area contributed by atoms with E-state index in [-0.39, 0.29) is 33.7 Å². The molecule has 2 fully saturated rings. The number of aromatic nitrogens is 3. The molecule has 1 aromatic heterocycles. The second-order valence-electron chi connectivity index (χ2n) is 12.7. The molecule has 0 bridgehead atoms. The molecule has 5 atom stereocenters. The summed E-state index contributed by atoms with van der Waals surface area (Å²) in [6, 6.07) is 32.2. The Balaban J connectivity index is 0.000000179. The summed E-state index contributed by atoms with van der Waals surface area (Å²) in [5.74, 6) is 0.0111. The van der Waals surface area contributed by atoms with Gasteiger partial charge in [0.15, 0.2) is 0 Å². The molecule has 7 rings (SSSR count). The van der Waals surface area contributed by atoms with Crippen LogP contribution in [-0.4, -0.2) is 20.7 Å². The average Bonchev–Trinajstić information content (AvgIpc) is 3.84. The fourth-order valence-electron chi connectivity index (χ4n) is 6.20. The molecule has 0 spiro atoms. The first-order chi connectivity index (χ1) is 24.5. The van der Waals surface area contributed by atoms with Gasteiger partial charge in [0.1, 0.15) is 52.2 Å². The van der Waals surface area contributed by atoms with Gasteiger partial charge in [-0.2, -0.15) is 10.4 Å². The molecule has 0 radical (unpaired) electrons. The smallest absolute Gasteiger partial charge is 0.311 e. The third-order valence-electron chi connectivity index (χ3n) is 9.04. The highest BCUT2D eigenvalue weighted by Crippen LogP contribution is 2.61. The van der Waals surface area contributed by atoms with Crippen LogP contribution in [0.1, 0.15) is 42.7 Å². The molecular formula is C39H32Cl3FN4O4. The van der Waals surface area contributed by atoms with Crippen LogP contribution in [0.2, 0.25) is 5.02 Å². The van der Waals surface area contributed by atoms with Crippen molar-refractivity contribution in [1.29, 1.82) is 5.26 Å². The van der Waals surface area contributed by atoms with Gasteiger partial charge in [-0.05, 0) is 65.4 Å². The number of hydrogen-bond acceptors (Lipinski definition) is 7. The summed E-state index contributed by atoms with van der Waals surface area (Å²) in [6.45, 7) is 4.35. The van der Waals surface area contributed by atoms with Crippen LogP contribution in [0.15, 0.2) is 126 Å². The van der Waals surface area contributed by atoms with Gasteiger partial charge < -0.3 is 14.2 Å². The van der Waals surface area contributed by atoms with Gasteiger partial charge in [-0.1, -0.05) is 109 Å². The number of hydrogen-bond donors (Lipinski definition) is 0. The number of benzene rings is 4. The largest absolute Gasteiger partial charge is 0.457 e. The van der Waals surface area contributed by atoms with Crippen molar-refractivity contribution < 1.29 is 23.4 Å². The topological polar surface area (TPSA) is 103 Å². The molecule has 51 heavy (non-hydrogen) atoms. The molecule has 1 aliphatic carbocycles. The summed E-state index contributed by atoms with van der Waals surface area (Å²) >= 11 is 17.8. The van der Waals surface area contributed by atoms with E-state index in [1.807, 2.05) is 74.5 Å². The quantitative estimate of drug-likeness (QED) is 0.104. The Hall–Kier alpha value is -4.72. The van der Waals surface area contributed by atoms with Crippen LogP contribution >= 0.6 is 34.8 Å². The van der Waals surface area contributed by atoms with Crippen molar-refractivity contribution in [1.82, 2.24) is 14.8 Å². The van der Waals surface area contributed by atoms with Gasteiger partial charge >= 0.3 is 5.97 Å². The number of allylic oxidation sites excluding steroid dienone is 1. The van der Waals surface area contributed by atoms with Crippen molar-refractivity contribution in [3.63, 3.8) is 0 Å². The van der Waals surface area contributed by atoms with Crippen LogP contribution in [-0.2, 0) is 26.4 Å². The molecule has 1 saturated carbocycles. The van der Waals surface area contributed by atoms with E-state index in [0.29, 0.717) is 28.6 Å². The number of nitriles is 1. The van der Waals surface area contributed by atoms with Crippen LogP contribution in [0.25, 0.3) is 0 Å². The number of nitrogens with zero attached hydrogens (tertiary/aromatic N) is 4. The molecule has 5 aromatic rings. The molecule has 2 aliphatic rings. The Morgan fingerprint density at radius 1 is 1.02 bits per heavy atom. The predicted octanol–water partition coefficient (Wildman–Crippen LogP) is 9.92. The Morgan fingerprint density at radius 2 is 1.73 bits per heavy atom. The van der Waals surface area contributed by atoms with E-state index >= 15 is 0 Å². The number of rotatable bonds is 10. The van der Waals surface area contributed by atoms with E-state index in [2.05, 4.69) is 10.1 Å². The molecule has 12 heteroatoms. The number of esters is 1. The summed E-state index contributed by atoms with van der Waals surface area (Å²) in [5, 5.41) is 14.3. The zero-order chi connectivity index (χ0) is 36.2. The number of carbonyl (C=O) groups is 1. The first kappa shape index (κ1) is 36.1. The van der Waals surface area contributed by atoms with E-state index in [1.165, 1.54) is 18.5 Å². The van der Waals surface area contributed by atoms with Gasteiger partial charge in [-0.3, -0.25) is 4.79 Å². The van der Waals surface area contributed by atoms with Crippen LogP contribution < -0.4 is 4.74 Å². The molecule has 8 nitrogen and oxygen atoms in total. The molecule has 260 valence electrons. The maximum atomic E-state index is 13.3. The third kappa shape index (κ3) is 8.27. The predicted molar refractivity (Wildman–Crippen MR) is 191 cm³/mol. The number of epoxide rings is 1. The first-order valence-corrected chi connectivity index (χ1v) is 17.1. The van der Waals surface area contributed by atoms with Crippen molar-refractivity contribution in [2.24, 2.45) is 17.3 Å². The maximum absolute atomic E-state index is 13.3. The SMILES string of the molecule is CC1(C)[C@H](C=C(Cl)Cl)[C@@H]1C(=O)O[C@@H](C#N)c1cccc(Oc2ccccc2)c1.Fc1ccc(C2(Cn3cncn3)OC2c2ccccc2Cl)cc1. The normalized spacial score (nSPS) is 21.5. The minimum absolute atomic E-state index is 0.114. The number of para-hydroxylation sites is 1. The minimum atomic E-state index is -1.03. The monoisotopic (exact) mass is 744 g/mol. The lowest BCUT2D eigenvalue weighted by molar-refractivity contribution is -0.149. The van der Waals surface area contributed by atoms with E-state index < -0.39 is 17.7 Å². The summed E-state index contributed by atoms with van der Waals surface area (Å²) in [7, 11) is 0. The van der Waals surface area contributed by atoms with Crippen molar-refractivity contribution in [3.8, 4) is 17.6 Å². The van der Waals surface area contributed by atoms with Crippen molar-refractivity contribution in [3.05, 3.63) is 154 Å². The fraction of sp³-hybridized carbons (Fsp3) is 0.231. The number of halogens is 4. The maximum Gasteiger partial charge on any atom is 0.311 e. The summed E-state index contributed by atoms with van der Waals surface area (Å²) in [6.07, 6.45) is 3.53. The van der Waals surface area contributed by atoms with E-state index in [4.69, 9.17) is 49.0 Å². The molecule has 4 aromatic carbocycles. The zero-order valence-electron chi connectivity index (χ0n) is 27.5. The summed E-state index contributed by atoms with van der Waals surface area (Å²) in [4.78, 5) is 16.6. The third-order valence-corrected chi connectivity index (χ3v) is 9.64. The highest BCUT2D eigenvalue weighted by molar-refractivity contribution is 6.55. The standard InChI is InChI=1S/C22H19Cl2NO3.C17H13ClFN3O/c1-22(2)17(12-19(23)24)20(22)21(26)28-18(13-25)14-7-6-10-16(11-14)27-15-8-4-3-5-9-15;18-15-4-2-1-3-14(15)16-17(23-16,9-22-11-20-10-21-22)12-5-7-13(19)8-6-12/h3-12,17-18,20H,1-2H3;1-8,10-11,16H,9H2/t17-,18+,20-;/m1./s1. The minimum Gasteiger partial charge on any atom is -0.457 e. The number of carbonyl (C=O) groups excluding carboxylic acids is 1. The first-order valence-electron chi connectivity index (χ1n) is 16.0. The van der Waals surface area contributed by atoms with Crippen molar-refractivity contribution in [2.45, 2.75) is 38.2 Å². The molecule has 1 saturated heterocycles. The van der Waals surface area contributed by atoms with Gasteiger partial charge in [-0.25, -0.2) is 14.1 Å². The Labute approximate surface area is 310 Å². The van der Waals surface area contributed by atoms with Crippen LogP contribution in [0.4, 0.5) is 4.39 Å². The zero-order valence-corrected chi connectivity index (χ0v) is 29.8. The molecule has 0 amide bonds. The van der Waals surface area contributed by atoms with Gasteiger partial charge in [0, 0.05) is 16.1 Å².